The van der Waals surface area contributed by atoms with E-state index in [1.54, 1.807) is 25.4 Å². The number of para-hydroxylation sites is 1. The third kappa shape index (κ3) is 3.68. The standard InChI is InChI=1S/C24H25N3O4/c1-26(2)12-13-27-21(15-8-10-16(31-3)11-9-15)20(23(29)24(27)30)22(28)18-14-25-19-7-5-4-6-17(18)19/h4-11,14,21,25,28H,12-13H2,1-3H3/b22-20+/t21-/m0/s1. The van der Waals surface area contributed by atoms with Gasteiger partial charge in [-0.25, -0.2) is 0 Å². The van der Waals surface area contributed by atoms with Gasteiger partial charge < -0.3 is 24.6 Å². The Bertz CT molecular complexity index is 1160. The lowest BCUT2D eigenvalue weighted by Gasteiger charge is -2.26. The molecule has 7 nitrogen and oxygen atoms in total. The van der Waals surface area contributed by atoms with Gasteiger partial charge in [0.25, 0.3) is 11.7 Å². The molecule has 1 atom stereocenters. The monoisotopic (exact) mass is 419 g/mol. The SMILES string of the molecule is COc1ccc([C@H]2/C(=C(\O)c3c[nH]c4ccccc34)C(=O)C(=O)N2CCN(C)C)cc1. The van der Waals surface area contributed by atoms with Crippen molar-refractivity contribution in [3.8, 4) is 5.75 Å². The maximum absolute atomic E-state index is 13.1. The van der Waals surface area contributed by atoms with Gasteiger partial charge in [0, 0.05) is 35.8 Å². The van der Waals surface area contributed by atoms with Crippen LogP contribution < -0.4 is 4.74 Å². The number of aliphatic hydroxyl groups excluding tert-OH is 1. The number of nitrogens with zero attached hydrogens (tertiary/aromatic N) is 2. The third-order valence-electron chi connectivity index (χ3n) is 5.60. The van der Waals surface area contributed by atoms with Crippen LogP contribution in [0.3, 0.4) is 0 Å². The van der Waals surface area contributed by atoms with E-state index in [4.69, 9.17) is 4.74 Å². The third-order valence-corrected chi connectivity index (χ3v) is 5.60. The minimum Gasteiger partial charge on any atom is -0.507 e. The van der Waals surface area contributed by atoms with Crippen molar-refractivity contribution in [2.75, 3.05) is 34.3 Å². The topological polar surface area (TPSA) is 85.9 Å². The molecular formula is C24H25N3O4. The molecule has 7 heteroatoms. The molecule has 2 aromatic carbocycles. The maximum atomic E-state index is 13.1. The Morgan fingerprint density at radius 3 is 2.52 bits per heavy atom. The van der Waals surface area contributed by atoms with Crippen LogP contribution in [0.5, 0.6) is 5.75 Å². The fraction of sp³-hybridized carbons (Fsp3) is 0.250. The van der Waals surface area contributed by atoms with E-state index in [-0.39, 0.29) is 11.3 Å². The zero-order chi connectivity index (χ0) is 22.1. The second-order valence-corrected chi connectivity index (χ2v) is 7.82. The maximum Gasteiger partial charge on any atom is 0.295 e. The number of fused-ring (bicyclic) bond motifs is 1. The number of hydrogen-bond acceptors (Lipinski definition) is 5. The number of benzene rings is 2. The number of carbonyl (C=O) groups excluding carboxylic acids is 2. The Morgan fingerprint density at radius 2 is 1.84 bits per heavy atom. The van der Waals surface area contributed by atoms with Crippen LogP contribution in [0.25, 0.3) is 16.7 Å². The average Bonchev–Trinajstić information content (AvgIpc) is 3.31. The molecule has 0 bridgehead atoms. The highest BCUT2D eigenvalue weighted by Crippen LogP contribution is 2.40. The van der Waals surface area contributed by atoms with Gasteiger partial charge in [-0.1, -0.05) is 30.3 Å². The summed E-state index contributed by atoms with van der Waals surface area (Å²) in [7, 11) is 5.39. The quantitative estimate of drug-likeness (QED) is 0.364. The second-order valence-electron chi connectivity index (χ2n) is 7.82. The van der Waals surface area contributed by atoms with Gasteiger partial charge in [-0.3, -0.25) is 9.59 Å². The number of aromatic nitrogens is 1. The van der Waals surface area contributed by atoms with Gasteiger partial charge in [-0.2, -0.15) is 0 Å². The van der Waals surface area contributed by atoms with Gasteiger partial charge in [0.05, 0.1) is 18.7 Å². The van der Waals surface area contributed by atoms with Crippen molar-refractivity contribution in [2.45, 2.75) is 6.04 Å². The Kier molecular flexibility index (Phi) is 5.52. The molecule has 1 amide bonds. The fourth-order valence-corrected chi connectivity index (χ4v) is 3.96. The number of ether oxygens (including phenoxy) is 1. The first-order chi connectivity index (χ1) is 14.9. The summed E-state index contributed by atoms with van der Waals surface area (Å²) < 4.78 is 5.24. The van der Waals surface area contributed by atoms with E-state index < -0.39 is 17.7 Å². The van der Waals surface area contributed by atoms with E-state index in [1.807, 2.05) is 55.4 Å². The van der Waals surface area contributed by atoms with Gasteiger partial charge in [0.15, 0.2) is 0 Å². The molecule has 1 aliphatic rings. The van der Waals surface area contributed by atoms with Crippen molar-refractivity contribution < 1.29 is 19.4 Å². The number of nitrogens with one attached hydrogen (secondary N) is 1. The van der Waals surface area contributed by atoms with E-state index >= 15 is 0 Å². The number of hydrogen-bond donors (Lipinski definition) is 2. The molecule has 2 heterocycles. The Morgan fingerprint density at radius 1 is 1.13 bits per heavy atom. The number of ketones is 1. The van der Waals surface area contributed by atoms with Crippen molar-refractivity contribution in [3.63, 3.8) is 0 Å². The van der Waals surface area contributed by atoms with E-state index in [1.165, 1.54) is 4.90 Å². The van der Waals surface area contributed by atoms with E-state index in [0.717, 1.165) is 16.5 Å². The fourth-order valence-electron chi connectivity index (χ4n) is 3.96. The average molecular weight is 419 g/mol. The molecule has 0 radical (unpaired) electrons. The number of H-pyrrole nitrogens is 1. The van der Waals surface area contributed by atoms with Crippen LogP contribution in [-0.4, -0.2) is 65.9 Å². The summed E-state index contributed by atoms with van der Waals surface area (Å²) in [6.07, 6.45) is 1.66. The molecule has 160 valence electrons. The number of likely N-dealkylation sites (tertiary alicyclic amines) is 1. The largest absolute Gasteiger partial charge is 0.507 e. The van der Waals surface area contributed by atoms with Gasteiger partial charge in [0.1, 0.15) is 11.5 Å². The van der Waals surface area contributed by atoms with Crippen LogP contribution in [0.2, 0.25) is 0 Å². The molecule has 0 unspecified atom stereocenters. The van der Waals surface area contributed by atoms with E-state index in [9.17, 15) is 14.7 Å². The van der Waals surface area contributed by atoms with Crippen molar-refractivity contribution in [1.82, 2.24) is 14.8 Å². The molecule has 0 spiro atoms. The number of aliphatic hydroxyl groups is 1. The number of rotatable bonds is 6. The summed E-state index contributed by atoms with van der Waals surface area (Å²) in [5, 5.41) is 12.0. The van der Waals surface area contributed by atoms with Crippen LogP contribution in [0.15, 0.2) is 60.3 Å². The summed E-state index contributed by atoms with van der Waals surface area (Å²) >= 11 is 0. The van der Waals surface area contributed by atoms with Gasteiger partial charge in [0.2, 0.25) is 0 Å². The zero-order valence-corrected chi connectivity index (χ0v) is 17.8. The number of likely N-dealkylation sites (N-methyl/N-ethyl adjacent to an activating group) is 1. The highest BCUT2D eigenvalue weighted by Gasteiger charge is 2.46. The van der Waals surface area contributed by atoms with Crippen molar-refractivity contribution >= 4 is 28.4 Å². The highest BCUT2D eigenvalue weighted by atomic mass is 16.5. The number of amides is 1. The first-order valence-corrected chi connectivity index (χ1v) is 10.1. The second kappa shape index (κ2) is 8.28. The summed E-state index contributed by atoms with van der Waals surface area (Å²) in [4.78, 5) is 32.6. The molecule has 31 heavy (non-hydrogen) atoms. The summed E-state index contributed by atoms with van der Waals surface area (Å²) in [5.41, 5.74) is 2.17. The summed E-state index contributed by atoms with van der Waals surface area (Å²) in [5.74, 6) is -0.791. The Balaban J connectivity index is 1.87. The minimum atomic E-state index is -0.681. The summed E-state index contributed by atoms with van der Waals surface area (Å²) in [6.45, 7) is 0.950. The molecule has 1 fully saturated rings. The van der Waals surface area contributed by atoms with E-state index in [0.29, 0.717) is 24.4 Å². The Labute approximate surface area is 180 Å². The molecule has 2 N–H and O–H groups in total. The number of Topliss-reactive ketones (excluding diaryl/α,β-unsaturated/α-hetero) is 1. The predicted octanol–water partition coefficient (Wildman–Crippen LogP) is 3.16. The van der Waals surface area contributed by atoms with Crippen LogP contribution in [0, 0.1) is 0 Å². The predicted molar refractivity (Wildman–Crippen MR) is 119 cm³/mol. The molecule has 0 aliphatic carbocycles. The highest BCUT2D eigenvalue weighted by molar-refractivity contribution is 6.46. The lowest BCUT2D eigenvalue weighted by Crippen LogP contribution is -2.35. The normalized spacial score (nSPS) is 18.3. The first-order valence-electron chi connectivity index (χ1n) is 10.1. The van der Waals surface area contributed by atoms with Crippen LogP contribution in [-0.2, 0) is 9.59 Å². The number of methoxy groups -OCH3 is 1. The van der Waals surface area contributed by atoms with Crippen molar-refractivity contribution in [3.05, 3.63) is 71.4 Å². The van der Waals surface area contributed by atoms with Gasteiger partial charge >= 0.3 is 0 Å². The number of aromatic amines is 1. The molecule has 3 aromatic rings. The van der Waals surface area contributed by atoms with Crippen molar-refractivity contribution in [1.29, 1.82) is 0 Å². The molecule has 1 saturated heterocycles. The van der Waals surface area contributed by atoms with Gasteiger partial charge in [-0.15, -0.1) is 0 Å². The molecule has 4 rings (SSSR count). The van der Waals surface area contributed by atoms with E-state index in [2.05, 4.69) is 4.98 Å². The molecular weight excluding hydrogens is 394 g/mol. The Hall–Kier alpha value is -3.58. The molecule has 1 aliphatic heterocycles. The zero-order valence-electron chi connectivity index (χ0n) is 17.8. The number of carbonyl (C=O) groups is 2. The first kappa shape index (κ1) is 20.7. The molecule has 1 aromatic heterocycles. The van der Waals surface area contributed by atoms with Crippen LogP contribution >= 0.6 is 0 Å². The molecule has 0 saturated carbocycles. The van der Waals surface area contributed by atoms with Crippen molar-refractivity contribution in [2.24, 2.45) is 0 Å². The van der Waals surface area contributed by atoms with Crippen LogP contribution in [0.1, 0.15) is 17.2 Å². The minimum absolute atomic E-state index is 0.0960. The summed E-state index contributed by atoms with van der Waals surface area (Å²) in [6, 6.07) is 14.0. The smallest absolute Gasteiger partial charge is 0.295 e. The van der Waals surface area contributed by atoms with Crippen LogP contribution in [0.4, 0.5) is 0 Å². The lowest BCUT2D eigenvalue weighted by atomic mass is 9.95. The lowest BCUT2D eigenvalue weighted by molar-refractivity contribution is -0.140. The van der Waals surface area contributed by atoms with Gasteiger partial charge in [-0.05, 0) is 37.9 Å².